The summed E-state index contributed by atoms with van der Waals surface area (Å²) < 4.78 is 32.7. The molecule has 1 unspecified atom stereocenters. The lowest BCUT2D eigenvalue weighted by Gasteiger charge is -2.22. The van der Waals surface area contributed by atoms with Crippen LogP contribution in [0.1, 0.15) is 53.8 Å². The average molecular weight is 471 g/mol. The highest BCUT2D eigenvalue weighted by Gasteiger charge is 2.25. The number of nitrogens with two attached hydrogens (primary N) is 2. The number of rotatable bonds is 6. The summed E-state index contributed by atoms with van der Waals surface area (Å²) in [6, 6.07) is 3.62. The van der Waals surface area contributed by atoms with E-state index in [9.17, 15) is 13.6 Å². The lowest BCUT2D eigenvalue weighted by Crippen LogP contribution is -2.22. The van der Waals surface area contributed by atoms with E-state index in [1.807, 2.05) is 0 Å². The molecule has 0 amide bonds. The number of carbonyl (C=O) groups excluding carboxylic acids is 1. The first kappa shape index (κ1) is 23.9. The number of hydrogen-bond donors (Lipinski definition) is 3. The van der Waals surface area contributed by atoms with E-state index in [0.717, 1.165) is 74.0 Å². The first-order chi connectivity index (χ1) is 15.0. The van der Waals surface area contributed by atoms with Crippen LogP contribution in [0.3, 0.4) is 0 Å². The maximum atomic E-state index is 13.8. The van der Waals surface area contributed by atoms with E-state index in [0.29, 0.717) is 11.2 Å². The van der Waals surface area contributed by atoms with Crippen LogP contribution in [0.4, 0.5) is 19.7 Å². The van der Waals surface area contributed by atoms with E-state index in [1.165, 1.54) is 30.9 Å². The van der Waals surface area contributed by atoms with E-state index in [-0.39, 0.29) is 10.7 Å². The highest BCUT2D eigenvalue weighted by Crippen LogP contribution is 2.31. The van der Waals surface area contributed by atoms with Crippen LogP contribution in [0.15, 0.2) is 18.2 Å². The third-order valence-corrected chi connectivity index (χ3v) is 7.00. The molecule has 2 heterocycles. The minimum atomic E-state index is -0.899. The zero-order chi connectivity index (χ0) is 22.2. The van der Waals surface area contributed by atoms with Crippen molar-refractivity contribution in [3.8, 4) is 0 Å². The summed E-state index contributed by atoms with van der Waals surface area (Å²) in [6.07, 6.45) is 6.84. The maximum absolute atomic E-state index is 13.8. The molecular formula is C21H28F2N4O2S2. The third-order valence-electron chi connectivity index (χ3n) is 5.34. The van der Waals surface area contributed by atoms with Gasteiger partial charge in [0, 0.05) is 18.4 Å². The minimum absolute atomic E-state index is 0.000891. The number of halogens is 2. The fraction of sp³-hybridized carbons (Fsp3) is 0.524. The van der Waals surface area contributed by atoms with Crippen molar-refractivity contribution in [3.05, 3.63) is 40.3 Å². The van der Waals surface area contributed by atoms with Crippen molar-refractivity contribution in [2.45, 2.75) is 44.6 Å². The van der Waals surface area contributed by atoms with Crippen molar-refractivity contribution < 1.29 is 18.3 Å². The standard InChI is InChI=1S/C16H17F2N3OS.C5H11NOS/c17-10-7-4-8-11(18)12(10)13(22)14-15(19)21-16(23-14)20-9-5-2-1-3-6-9;6-8-4-5-1-2-7-3-5/h4,7-9H,1-3,5-6,19H2,(H,20,21);5H,1-4,6H2. The topological polar surface area (TPSA) is 103 Å². The summed E-state index contributed by atoms with van der Waals surface area (Å²) in [4.78, 5) is 16.6. The molecule has 1 saturated carbocycles. The van der Waals surface area contributed by atoms with Crippen LogP contribution in [-0.4, -0.2) is 35.8 Å². The number of nitrogens with one attached hydrogen (secondary N) is 1. The monoisotopic (exact) mass is 470 g/mol. The number of ether oxygens (including phenoxy) is 1. The first-order valence-electron chi connectivity index (χ1n) is 10.4. The number of ketones is 1. The van der Waals surface area contributed by atoms with E-state index in [2.05, 4.69) is 10.3 Å². The molecule has 2 aromatic rings. The number of benzene rings is 1. The molecule has 0 radical (unpaired) electrons. The van der Waals surface area contributed by atoms with Crippen LogP contribution < -0.4 is 16.2 Å². The van der Waals surface area contributed by atoms with Gasteiger partial charge in [-0.3, -0.25) is 9.93 Å². The number of aromatic nitrogens is 1. The Morgan fingerprint density at radius 3 is 2.55 bits per heavy atom. The molecule has 10 heteroatoms. The minimum Gasteiger partial charge on any atom is -0.382 e. The number of hydrogen-bond acceptors (Lipinski definition) is 8. The quantitative estimate of drug-likeness (QED) is 0.418. The van der Waals surface area contributed by atoms with Gasteiger partial charge in [0.15, 0.2) is 5.13 Å². The lowest BCUT2D eigenvalue weighted by atomic mass is 9.96. The molecule has 1 atom stereocenters. The van der Waals surface area contributed by atoms with Gasteiger partial charge in [0.25, 0.3) is 0 Å². The molecule has 31 heavy (non-hydrogen) atoms. The summed E-state index contributed by atoms with van der Waals surface area (Å²) in [5.41, 5.74) is 5.19. The smallest absolute Gasteiger partial charge is 0.212 e. The SMILES string of the molecule is NSCC1CCOC1.Nc1nc(NC2CCCCC2)sc1C(=O)c1c(F)cccc1F. The summed E-state index contributed by atoms with van der Waals surface area (Å²) in [5.74, 6) is -0.785. The van der Waals surface area contributed by atoms with Crippen LogP contribution in [0.5, 0.6) is 0 Å². The second-order valence-electron chi connectivity index (χ2n) is 7.70. The largest absolute Gasteiger partial charge is 0.382 e. The fourth-order valence-electron chi connectivity index (χ4n) is 3.66. The summed E-state index contributed by atoms with van der Waals surface area (Å²) in [7, 11) is 0. The highest BCUT2D eigenvalue weighted by molar-refractivity contribution is 7.97. The zero-order valence-corrected chi connectivity index (χ0v) is 18.9. The van der Waals surface area contributed by atoms with Gasteiger partial charge < -0.3 is 15.8 Å². The normalized spacial score (nSPS) is 19.0. The van der Waals surface area contributed by atoms with Gasteiger partial charge in [0.1, 0.15) is 22.3 Å². The van der Waals surface area contributed by atoms with Gasteiger partial charge in [-0.15, -0.1) is 0 Å². The Bertz CT molecular complexity index is 849. The molecule has 0 bridgehead atoms. The van der Waals surface area contributed by atoms with Crippen LogP contribution in [0, 0.1) is 17.6 Å². The molecule has 1 saturated heterocycles. The molecule has 1 aromatic carbocycles. The molecule has 1 aromatic heterocycles. The summed E-state index contributed by atoms with van der Waals surface area (Å²) in [6.45, 7) is 1.86. The fourth-order valence-corrected chi connectivity index (χ4v) is 5.10. The Hall–Kier alpha value is -1.75. The predicted molar refractivity (Wildman–Crippen MR) is 122 cm³/mol. The van der Waals surface area contributed by atoms with Gasteiger partial charge in [-0.1, -0.05) is 48.6 Å². The molecule has 1 aliphatic heterocycles. The van der Waals surface area contributed by atoms with Crippen LogP contribution in [0.25, 0.3) is 0 Å². The third kappa shape index (κ3) is 6.61. The van der Waals surface area contributed by atoms with E-state index >= 15 is 0 Å². The molecule has 6 nitrogen and oxygen atoms in total. The van der Waals surface area contributed by atoms with Crippen molar-refractivity contribution in [2.24, 2.45) is 11.1 Å². The summed E-state index contributed by atoms with van der Waals surface area (Å²) in [5, 5.41) is 9.06. The molecule has 0 spiro atoms. The molecule has 1 aliphatic carbocycles. The van der Waals surface area contributed by atoms with Gasteiger partial charge in [-0.2, -0.15) is 0 Å². The first-order valence-corrected chi connectivity index (χ1v) is 12.3. The van der Waals surface area contributed by atoms with Crippen molar-refractivity contribution in [1.82, 2.24) is 4.98 Å². The Kier molecular flexibility index (Phi) is 9.06. The molecule has 5 N–H and O–H groups in total. The second kappa shape index (κ2) is 11.8. The zero-order valence-electron chi connectivity index (χ0n) is 17.2. The van der Waals surface area contributed by atoms with Crippen LogP contribution in [0.2, 0.25) is 0 Å². The number of thiazole rings is 1. The Balaban J connectivity index is 0.000000287. The number of carbonyl (C=O) groups is 1. The number of nitrogens with zero attached hydrogens (tertiary/aromatic N) is 1. The van der Waals surface area contributed by atoms with Crippen molar-refractivity contribution >= 4 is 40.0 Å². The van der Waals surface area contributed by atoms with Gasteiger partial charge >= 0.3 is 0 Å². The molecular weight excluding hydrogens is 442 g/mol. The van der Waals surface area contributed by atoms with E-state index < -0.39 is 23.0 Å². The Morgan fingerprint density at radius 2 is 1.94 bits per heavy atom. The van der Waals surface area contributed by atoms with Crippen molar-refractivity contribution in [3.63, 3.8) is 0 Å². The molecule has 170 valence electrons. The number of nitrogen functional groups attached to an aromatic ring is 1. The number of anilines is 2. The van der Waals surface area contributed by atoms with Crippen LogP contribution in [-0.2, 0) is 4.74 Å². The van der Waals surface area contributed by atoms with E-state index in [1.54, 1.807) is 0 Å². The van der Waals surface area contributed by atoms with Gasteiger partial charge in [-0.25, -0.2) is 13.8 Å². The van der Waals surface area contributed by atoms with Gasteiger partial charge in [0.05, 0.1) is 12.2 Å². The summed E-state index contributed by atoms with van der Waals surface area (Å²) >= 11 is 2.46. The van der Waals surface area contributed by atoms with E-state index in [4.69, 9.17) is 15.6 Å². The second-order valence-corrected chi connectivity index (χ2v) is 9.37. The maximum Gasteiger partial charge on any atom is 0.212 e. The predicted octanol–water partition coefficient (Wildman–Crippen LogP) is 4.61. The van der Waals surface area contributed by atoms with Crippen LogP contribution >= 0.6 is 23.3 Å². The Morgan fingerprint density at radius 1 is 1.23 bits per heavy atom. The lowest BCUT2D eigenvalue weighted by molar-refractivity contribution is 0.103. The molecule has 2 fully saturated rings. The average Bonchev–Trinajstić information content (AvgIpc) is 3.39. The van der Waals surface area contributed by atoms with Gasteiger partial charge in [0.2, 0.25) is 5.78 Å². The van der Waals surface area contributed by atoms with Crippen molar-refractivity contribution in [1.29, 1.82) is 0 Å². The van der Waals surface area contributed by atoms with Gasteiger partial charge in [-0.05, 0) is 37.3 Å². The molecule has 4 rings (SSSR count). The highest BCUT2D eigenvalue weighted by atomic mass is 32.2. The van der Waals surface area contributed by atoms with Crippen molar-refractivity contribution in [2.75, 3.05) is 30.0 Å². The Labute approximate surface area is 189 Å². The molecule has 2 aliphatic rings.